The molecule has 0 N–H and O–H groups in total. The summed E-state index contributed by atoms with van der Waals surface area (Å²) in [5.74, 6) is 0.00727. The first kappa shape index (κ1) is 14.4. The fraction of sp³-hybridized carbons (Fsp3) is 0.278. The Bertz CT molecular complexity index is 753. The van der Waals surface area contributed by atoms with E-state index in [1.807, 2.05) is 38.1 Å². The number of aryl methyl sites for hydroxylation is 1. The summed E-state index contributed by atoms with van der Waals surface area (Å²) < 4.78 is 0. The molecule has 3 rings (SSSR count). The molecule has 1 aromatic heterocycles. The smallest absolute Gasteiger partial charge is 0.233 e. The van der Waals surface area contributed by atoms with Gasteiger partial charge in [0.15, 0.2) is 5.78 Å². The molecule has 0 saturated carbocycles. The van der Waals surface area contributed by atoms with Crippen molar-refractivity contribution in [2.75, 3.05) is 11.4 Å². The molecule has 0 unspecified atom stereocenters. The van der Waals surface area contributed by atoms with Crippen LogP contribution in [0.5, 0.6) is 0 Å². The maximum absolute atomic E-state index is 12.1. The first-order valence-electron chi connectivity index (χ1n) is 7.46. The van der Waals surface area contributed by atoms with Gasteiger partial charge in [-0.05, 0) is 18.6 Å². The van der Waals surface area contributed by atoms with E-state index in [0.717, 1.165) is 22.5 Å². The van der Waals surface area contributed by atoms with E-state index in [1.165, 1.54) is 5.56 Å². The van der Waals surface area contributed by atoms with Gasteiger partial charge in [0.2, 0.25) is 5.91 Å². The first-order chi connectivity index (χ1) is 10.6. The lowest BCUT2D eigenvalue weighted by Crippen LogP contribution is -2.32. The van der Waals surface area contributed by atoms with E-state index in [2.05, 4.69) is 11.1 Å². The van der Waals surface area contributed by atoms with Gasteiger partial charge in [0.25, 0.3) is 0 Å². The maximum Gasteiger partial charge on any atom is 0.233 e. The SMILES string of the molecule is CCC(=O)CN1C(=O)Cc2ncc(-c3cccc(C)c3)cc21. The Kier molecular flexibility index (Phi) is 3.75. The number of hydrogen-bond acceptors (Lipinski definition) is 3. The highest BCUT2D eigenvalue weighted by Gasteiger charge is 2.29. The van der Waals surface area contributed by atoms with Crippen LogP contribution in [0.4, 0.5) is 5.69 Å². The molecule has 0 radical (unpaired) electrons. The average molecular weight is 294 g/mol. The summed E-state index contributed by atoms with van der Waals surface area (Å²) in [7, 11) is 0. The Hall–Kier alpha value is -2.49. The molecule has 0 fully saturated rings. The molecule has 0 aliphatic carbocycles. The second-order valence-electron chi connectivity index (χ2n) is 5.61. The van der Waals surface area contributed by atoms with Crippen LogP contribution in [0.25, 0.3) is 11.1 Å². The topological polar surface area (TPSA) is 50.3 Å². The number of hydrogen-bond donors (Lipinski definition) is 0. The second kappa shape index (κ2) is 5.72. The van der Waals surface area contributed by atoms with Crippen molar-refractivity contribution in [3.63, 3.8) is 0 Å². The van der Waals surface area contributed by atoms with Crippen LogP contribution in [0.3, 0.4) is 0 Å². The minimum absolute atomic E-state index is 0.0503. The largest absolute Gasteiger partial charge is 0.303 e. The standard InChI is InChI=1S/C18H18N2O2/c1-3-15(21)11-20-17-8-14(10-19-16(17)9-18(20)22)13-6-4-5-12(2)7-13/h4-8,10H,3,9,11H2,1-2H3. The number of aromatic nitrogens is 1. The number of rotatable bonds is 4. The minimum atomic E-state index is -0.0503. The molecule has 0 saturated heterocycles. The molecule has 22 heavy (non-hydrogen) atoms. The highest BCUT2D eigenvalue weighted by atomic mass is 16.2. The predicted octanol–water partition coefficient (Wildman–Crippen LogP) is 2.93. The third kappa shape index (κ3) is 2.64. The first-order valence-corrected chi connectivity index (χ1v) is 7.46. The molecule has 1 amide bonds. The van der Waals surface area contributed by atoms with Gasteiger partial charge in [-0.2, -0.15) is 0 Å². The Labute approximate surface area is 129 Å². The van der Waals surface area contributed by atoms with E-state index in [0.29, 0.717) is 6.42 Å². The Morgan fingerprint density at radius 2 is 2.09 bits per heavy atom. The molecular formula is C18H18N2O2. The van der Waals surface area contributed by atoms with Crippen molar-refractivity contribution >= 4 is 17.4 Å². The number of pyridine rings is 1. The number of benzene rings is 1. The van der Waals surface area contributed by atoms with Gasteiger partial charge in [-0.1, -0.05) is 36.8 Å². The van der Waals surface area contributed by atoms with Crippen molar-refractivity contribution in [2.24, 2.45) is 0 Å². The van der Waals surface area contributed by atoms with Crippen molar-refractivity contribution < 1.29 is 9.59 Å². The number of ketones is 1. The number of carbonyl (C=O) groups is 2. The third-order valence-corrected chi connectivity index (χ3v) is 3.94. The van der Waals surface area contributed by atoms with Gasteiger partial charge in [-0.3, -0.25) is 14.6 Å². The molecule has 2 aromatic rings. The van der Waals surface area contributed by atoms with Crippen LogP contribution in [-0.2, 0) is 16.0 Å². The Morgan fingerprint density at radius 1 is 1.27 bits per heavy atom. The van der Waals surface area contributed by atoms with E-state index in [4.69, 9.17) is 0 Å². The molecule has 0 spiro atoms. The minimum Gasteiger partial charge on any atom is -0.303 e. The molecule has 112 valence electrons. The van der Waals surface area contributed by atoms with Gasteiger partial charge >= 0.3 is 0 Å². The zero-order valence-corrected chi connectivity index (χ0v) is 12.8. The zero-order chi connectivity index (χ0) is 15.7. The number of nitrogens with zero attached hydrogens (tertiary/aromatic N) is 2. The van der Waals surface area contributed by atoms with E-state index in [-0.39, 0.29) is 24.7 Å². The summed E-state index contributed by atoms with van der Waals surface area (Å²) in [6.45, 7) is 3.99. The average Bonchev–Trinajstić information content (AvgIpc) is 2.82. The highest BCUT2D eigenvalue weighted by molar-refractivity contribution is 6.05. The third-order valence-electron chi connectivity index (χ3n) is 3.94. The highest BCUT2D eigenvalue weighted by Crippen LogP contribution is 2.31. The van der Waals surface area contributed by atoms with Crippen molar-refractivity contribution in [1.82, 2.24) is 4.98 Å². The summed E-state index contributed by atoms with van der Waals surface area (Å²) >= 11 is 0. The number of anilines is 1. The predicted molar refractivity (Wildman–Crippen MR) is 85.8 cm³/mol. The molecule has 1 aliphatic rings. The van der Waals surface area contributed by atoms with Crippen LogP contribution >= 0.6 is 0 Å². The fourth-order valence-electron chi connectivity index (χ4n) is 2.67. The van der Waals surface area contributed by atoms with Crippen molar-refractivity contribution in [3.8, 4) is 11.1 Å². The van der Waals surface area contributed by atoms with Crippen LogP contribution in [0.1, 0.15) is 24.6 Å². The van der Waals surface area contributed by atoms with Crippen LogP contribution in [0.2, 0.25) is 0 Å². The molecule has 4 nitrogen and oxygen atoms in total. The van der Waals surface area contributed by atoms with E-state index < -0.39 is 0 Å². The number of carbonyl (C=O) groups excluding carboxylic acids is 2. The quantitative estimate of drug-likeness (QED) is 0.871. The van der Waals surface area contributed by atoms with E-state index in [9.17, 15) is 9.59 Å². The molecule has 1 aromatic carbocycles. The monoisotopic (exact) mass is 294 g/mol. The fourth-order valence-corrected chi connectivity index (χ4v) is 2.67. The Balaban J connectivity index is 1.99. The van der Waals surface area contributed by atoms with Gasteiger partial charge in [-0.25, -0.2) is 0 Å². The molecule has 4 heteroatoms. The van der Waals surface area contributed by atoms with Crippen molar-refractivity contribution in [3.05, 3.63) is 47.8 Å². The molecule has 0 bridgehead atoms. The summed E-state index contributed by atoms with van der Waals surface area (Å²) in [6.07, 6.45) is 2.51. The summed E-state index contributed by atoms with van der Waals surface area (Å²) in [5.41, 5.74) is 4.73. The summed E-state index contributed by atoms with van der Waals surface area (Å²) in [4.78, 5) is 29.8. The molecule has 0 atom stereocenters. The lowest BCUT2D eigenvalue weighted by Gasteiger charge is -2.16. The Morgan fingerprint density at radius 3 is 2.82 bits per heavy atom. The lowest BCUT2D eigenvalue weighted by atomic mass is 10.0. The summed E-state index contributed by atoms with van der Waals surface area (Å²) in [6, 6.07) is 10.1. The van der Waals surface area contributed by atoms with Gasteiger partial charge in [0, 0.05) is 18.2 Å². The zero-order valence-electron chi connectivity index (χ0n) is 12.8. The van der Waals surface area contributed by atoms with Gasteiger partial charge in [0.05, 0.1) is 24.3 Å². The van der Waals surface area contributed by atoms with Crippen LogP contribution in [0, 0.1) is 6.92 Å². The van der Waals surface area contributed by atoms with Crippen LogP contribution in [-0.4, -0.2) is 23.2 Å². The second-order valence-corrected chi connectivity index (χ2v) is 5.61. The van der Waals surface area contributed by atoms with E-state index in [1.54, 1.807) is 11.1 Å². The van der Waals surface area contributed by atoms with Crippen LogP contribution in [0.15, 0.2) is 36.5 Å². The summed E-state index contributed by atoms with van der Waals surface area (Å²) in [5, 5.41) is 0. The lowest BCUT2D eigenvalue weighted by molar-refractivity contribution is -0.121. The van der Waals surface area contributed by atoms with Gasteiger partial charge < -0.3 is 4.90 Å². The maximum atomic E-state index is 12.1. The number of amides is 1. The van der Waals surface area contributed by atoms with E-state index >= 15 is 0 Å². The van der Waals surface area contributed by atoms with Crippen molar-refractivity contribution in [2.45, 2.75) is 26.7 Å². The van der Waals surface area contributed by atoms with Gasteiger partial charge in [0.1, 0.15) is 0 Å². The molecule has 2 heterocycles. The molecular weight excluding hydrogens is 276 g/mol. The number of fused-ring (bicyclic) bond motifs is 1. The molecule has 1 aliphatic heterocycles. The van der Waals surface area contributed by atoms with Crippen LogP contribution < -0.4 is 4.90 Å². The number of Topliss-reactive ketones (excluding diaryl/α,β-unsaturated/α-hetero) is 1. The van der Waals surface area contributed by atoms with Gasteiger partial charge in [-0.15, -0.1) is 0 Å². The van der Waals surface area contributed by atoms with Crippen molar-refractivity contribution in [1.29, 1.82) is 0 Å². The normalized spacial score (nSPS) is 13.4.